The van der Waals surface area contributed by atoms with Gasteiger partial charge in [0.15, 0.2) is 11.8 Å². The molecule has 0 aromatic carbocycles. The van der Waals surface area contributed by atoms with E-state index in [1.54, 1.807) is 6.92 Å². The number of nitriles is 1. The maximum absolute atomic E-state index is 11.9. The van der Waals surface area contributed by atoms with E-state index in [-0.39, 0.29) is 28.9 Å². The largest absolute Gasteiger partial charge is 0.462 e. The van der Waals surface area contributed by atoms with E-state index >= 15 is 0 Å². The number of carbonyl (C=O) groups excluding carboxylic acids is 3. The Balaban J connectivity index is 1.78. The fourth-order valence-corrected chi connectivity index (χ4v) is 3.29. The molecule has 0 atom stereocenters. The van der Waals surface area contributed by atoms with Crippen LogP contribution in [0.4, 0.5) is 5.82 Å². The Hall–Kier alpha value is -2.87. The van der Waals surface area contributed by atoms with Crippen molar-refractivity contribution < 1.29 is 23.9 Å². The number of nitrogens with zero attached hydrogens (tertiary/aromatic N) is 3. The number of rotatable bonds is 8. The monoisotopic (exact) mass is 407 g/mol. The Morgan fingerprint density at radius 2 is 2.07 bits per heavy atom. The minimum atomic E-state index is -0.857. The Morgan fingerprint density at radius 3 is 2.68 bits per heavy atom. The second-order valence-corrected chi connectivity index (χ2v) is 7.01. The maximum atomic E-state index is 11.9. The van der Waals surface area contributed by atoms with Gasteiger partial charge in [-0.05, 0) is 32.6 Å². The van der Waals surface area contributed by atoms with Crippen molar-refractivity contribution in [3.63, 3.8) is 0 Å². The van der Waals surface area contributed by atoms with Crippen molar-refractivity contribution in [3.8, 4) is 6.07 Å². The Kier molecular flexibility index (Phi) is 7.57. The lowest BCUT2D eigenvalue weighted by Gasteiger charge is -2.21. The van der Waals surface area contributed by atoms with E-state index in [0.717, 1.165) is 24.6 Å². The number of nitrogens with two attached hydrogens (primary N) is 1. The number of carbonyl (C=O) groups is 3. The van der Waals surface area contributed by atoms with E-state index in [4.69, 9.17) is 15.2 Å². The van der Waals surface area contributed by atoms with Gasteiger partial charge in [-0.25, -0.2) is 14.8 Å². The maximum Gasteiger partial charge on any atom is 0.343 e. The highest BCUT2D eigenvalue weighted by molar-refractivity contribution is 7.99. The molecule has 0 spiro atoms. The number of amides is 1. The molecule has 1 fully saturated rings. The van der Waals surface area contributed by atoms with Crippen molar-refractivity contribution in [1.82, 2.24) is 15.3 Å². The van der Waals surface area contributed by atoms with Crippen LogP contribution < -0.4 is 11.1 Å². The summed E-state index contributed by atoms with van der Waals surface area (Å²) in [5.74, 6) is -1.98. The van der Waals surface area contributed by atoms with Crippen molar-refractivity contribution >= 4 is 35.4 Å². The van der Waals surface area contributed by atoms with Crippen LogP contribution in [0.15, 0.2) is 11.4 Å². The van der Waals surface area contributed by atoms with Gasteiger partial charge in [-0.3, -0.25) is 9.59 Å². The minimum absolute atomic E-state index is 0.0452. The van der Waals surface area contributed by atoms with Gasteiger partial charge in [-0.2, -0.15) is 5.26 Å². The SMILES string of the molecule is CCOC(=O)c1cnc(SCC(=O)OCC(=O)NC2(C#N)CCCC2)nc1N. The highest BCUT2D eigenvalue weighted by atomic mass is 32.2. The molecule has 1 aliphatic carbocycles. The zero-order chi connectivity index (χ0) is 20.6. The van der Waals surface area contributed by atoms with E-state index < -0.39 is 30.0 Å². The number of thioether (sulfide) groups is 1. The zero-order valence-electron chi connectivity index (χ0n) is 15.4. The molecule has 11 heteroatoms. The van der Waals surface area contributed by atoms with Gasteiger partial charge in [0.25, 0.3) is 5.91 Å². The third-order valence-electron chi connectivity index (χ3n) is 4.02. The lowest BCUT2D eigenvalue weighted by molar-refractivity contribution is -0.146. The molecule has 28 heavy (non-hydrogen) atoms. The van der Waals surface area contributed by atoms with Crippen LogP contribution in [-0.2, 0) is 19.1 Å². The van der Waals surface area contributed by atoms with Crippen molar-refractivity contribution in [1.29, 1.82) is 5.26 Å². The average molecular weight is 407 g/mol. The topological polar surface area (TPSA) is 157 Å². The van der Waals surface area contributed by atoms with Crippen LogP contribution in [-0.4, -0.2) is 52.3 Å². The first-order valence-electron chi connectivity index (χ1n) is 8.69. The fraction of sp³-hybridized carbons (Fsp3) is 0.529. The molecule has 0 radical (unpaired) electrons. The summed E-state index contributed by atoms with van der Waals surface area (Å²) in [7, 11) is 0. The number of esters is 2. The van der Waals surface area contributed by atoms with Crippen LogP contribution in [0, 0.1) is 11.3 Å². The van der Waals surface area contributed by atoms with Gasteiger partial charge in [-0.15, -0.1) is 0 Å². The summed E-state index contributed by atoms with van der Waals surface area (Å²) < 4.78 is 9.73. The molecule has 3 N–H and O–H groups in total. The number of hydrogen-bond acceptors (Lipinski definition) is 10. The molecule has 1 amide bonds. The summed E-state index contributed by atoms with van der Waals surface area (Å²) >= 11 is 0.952. The molecule has 1 aromatic rings. The summed E-state index contributed by atoms with van der Waals surface area (Å²) in [5.41, 5.74) is 4.89. The standard InChI is InChI=1S/C17H21N5O5S/c1-2-26-15(25)11-7-20-16(21-14(11)19)28-9-13(24)27-8-12(23)22-17(10-18)5-3-4-6-17/h7H,2-6,8-9H2,1H3,(H,22,23)(H2,19,20,21). The van der Waals surface area contributed by atoms with Crippen molar-refractivity contribution in [2.75, 3.05) is 24.7 Å². The van der Waals surface area contributed by atoms with Gasteiger partial charge in [0, 0.05) is 6.20 Å². The van der Waals surface area contributed by atoms with E-state index in [1.807, 2.05) is 0 Å². The number of ether oxygens (including phenoxy) is 2. The zero-order valence-corrected chi connectivity index (χ0v) is 16.2. The molecule has 0 saturated heterocycles. The van der Waals surface area contributed by atoms with Crippen LogP contribution >= 0.6 is 11.8 Å². The number of nitrogens with one attached hydrogen (secondary N) is 1. The van der Waals surface area contributed by atoms with Crippen molar-refractivity contribution in [2.45, 2.75) is 43.3 Å². The molecule has 1 aliphatic rings. The highest BCUT2D eigenvalue weighted by Crippen LogP contribution is 2.28. The first-order valence-corrected chi connectivity index (χ1v) is 9.68. The van der Waals surface area contributed by atoms with E-state index in [1.165, 1.54) is 6.20 Å². The molecule has 150 valence electrons. The Bertz CT molecular complexity index is 789. The summed E-state index contributed by atoms with van der Waals surface area (Å²) in [5, 5.41) is 12.0. The highest BCUT2D eigenvalue weighted by Gasteiger charge is 2.35. The Labute approximate surface area is 166 Å². The molecule has 0 aliphatic heterocycles. The van der Waals surface area contributed by atoms with Crippen molar-refractivity contribution in [3.05, 3.63) is 11.8 Å². The van der Waals surface area contributed by atoms with Gasteiger partial charge in [0.1, 0.15) is 16.9 Å². The van der Waals surface area contributed by atoms with E-state index in [9.17, 15) is 19.6 Å². The lowest BCUT2D eigenvalue weighted by atomic mass is 10.00. The quantitative estimate of drug-likeness (QED) is 0.359. The van der Waals surface area contributed by atoms with Gasteiger partial charge >= 0.3 is 11.9 Å². The molecule has 1 heterocycles. The van der Waals surface area contributed by atoms with Gasteiger partial charge in [0.05, 0.1) is 18.4 Å². The number of nitrogen functional groups attached to an aromatic ring is 1. The van der Waals surface area contributed by atoms with Crippen LogP contribution in [0.3, 0.4) is 0 Å². The predicted octanol–water partition coefficient (Wildman–Crippen LogP) is 0.823. The molecule has 10 nitrogen and oxygen atoms in total. The van der Waals surface area contributed by atoms with Crippen LogP contribution in [0.1, 0.15) is 43.0 Å². The smallest absolute Gasteiger partial charge is 0.343 e. The molecule has 1 saturated carbocycles. The second kappa shape index (κ2) is 9.89. The fourth-order valence-electron chi connectivity index (χ4n) is 2.67. The van der Waals surface area contributed by atoms with Gasteiger partial charge in [-0.1, -0.05) is 11.8 Å². The summed E-state index contributed by atoms with van der Waals surface area (Å²) in [4.78, 5) is 43.2. The summed E-state index contributed by atoms with van der Waals surface area (Å²) in [6.07, 6.45) is 4.17. The third kappa shape index (κ3) is 5.82. The first-order chi connectivity index (χ1) is 13.4. The molecular weight excluding hydrogens is 386 g/mol. The second-order valence-electron chi connectivity index (χ2n) is 6.07. The summed E-state index contributed by atoms with van der Waals surface area (Å²) in [6, 6.07) is 2.13. The molecular formula is C17H21N5O5S. The first kappa shape index (κ1) is 21.4. The van der Waals surface area contributed by atoms with Crippen molar-refractivity contribution in [2.24, 2.45) is 0 Å². The van der Waals surface area contributed by atoms with E-state index in [2.05, 4.69) is 21.4 Å². The van der Waals surface area contributed by atoms with Gasteiger partial charge < -0.3 is 20.5 Å². The number of anilines is 1. The van der Waals surface area contributed by atoms with Crippen LogP contribution in [0.25, 0.3) is 0 Å². The summed E-state index contributed by atoms with van der Waals surface area (Å²) in [6.45, 7) is 1.40. The van der Waals surface area contributed by atoms with Crippen LogP contribution in [0.2, 0.25) is 0 Å². The Morgan fingerprint density at radius 1 is 1.36 bits per heavy atom. The van der Waals surface area contributed by atoms with Gasteiger partial charge in [0.2, 0.25) is 0 Å². The number of hydrogen-bond donors (Lipinski definition) is 2. The normalized spacial score (nSPS) is 14.7. The number of aromatic nitrogens is 2. The molecule has 2 rings (SSSR count). The predicted molar refractivity (Wildman–Crippen MR) is 99.0 cm³/mol. The van der Waals surface area contributed by atoms with Crippen LogP contribution in [0.5, 0.6) is 0 Å². The average Bonchev–Trinajstić information content (AvgIpc) is 3.13. The third-order valence-corrected chi connectivity index (χ3v) is 4.86. The molecule has 1 aromatic heterocycles. The molecule has 0 unspecified atom stereocenters. The van der Waals surface area contributed by atoms with E-state index in [0.29, 0.717) is 12.8 Å². The minimum Gasteiger partial charge on any atom is -0.462 e. The molecule has 0 bridgehead atoms. The lowest BCUT2D eigenvalue weighted by Crippen LogP contribution is -2.46.